The summed E-state index contributed by atoms with van der Waals surface area (Å²) in [4.78, 5) is 27.8. The van der Waals surface area contributed by atoms with Crippen LogP contribution >= 0.6 is 23.4 Å². The summed E-state index contributed by atoms with van der Waals surface area (Å²) in [6.45, 7) is 4.20. The van der Waals surface area contributed by atoms with Gasteiger partial charge >= 0.3 is 0 Å². The molecule has 0 saturated heterocycles. The van der Waals surface area contributed by atoms with Crippen LogP contribution in [-0.4, -0.2) is 48.8 Å². The average molecular weight is 527 g/mol. The van der Waals surface area contributed by atoms with Gasteiger partial charge in [0.05, 0.1) is 17.5 Å². The van der Waals surface area contributed by atoms with Crippen LogP contribution in [0.1, 0.15) is 38.8 Å². The van der Waals surface area contributed by atoms with Gasteiger partial charge in [-0.1, -0.05) is 42.8 Å². The summed E-state index contributed by atoms with van der Waals surface area (Å²) in [6, 6.07) is 17.8. The first-order chi connectivity index (χ1) is 17.4. The Kier molecular flexibility index (Phi) is 10.5. The Balaban J connectivity index is 1.61. The molecule has 3 rings (SSSR count). The zero-order valence-corrected chi connectivity index (χ0v) is 21.7. The van der Waals surface area contributed by atoms with Crippen molar-refractivity contribution >= 4 is 47.1 Å². The fourth-order valence-electron chi connectivity index (χ4n) is 3.14. The van der Waals surface area contributed by atoms with Gasteiger partial charge in [0.25, 0.3) is 11.8 Å². The highest BCUT2D eigenvalue weighted by atomic mass is 35.5. The summed E-state index contributed by atoms with van der Waals surface area (Å²) in [5, 5.41) is 6.97. The van der Waals surface area contributed by atoms with Crippen molar-refractivity contribution in [2.75, 3.05) is 31.2 Å². The molecule has 0 atom stereocenters. The third-order valence-electron chi connectivity index (χ3n) is 5.34. The van der Waals surface area contributed by atoms with Gasteiger partial charge in [-0.15, -0.1) is 0 Å². The summed E-state index contributed by atoms with van der Waals surface area (Å²) in [6.07, 6.45) is 1.33. The standard InChI is InChI=1S/C27H28ClFN4O2S/c1-3-33(2)13-14-36-18-19-7-9-21(10-8-19)26(34)31-25-12-11-22(28)16-24(25)27(35)32-30-17-20-5-4-6-23(29)15-20/h4-12,15-17H,3,13-14,18H2,1-2H3,(H,31,34)(H,32,35)/b30-17+. The first-order valence-corrected chi connectivity index (χ1v) is 12.9. The van der Waals surface area contributed by atoms with E-state index in [0.717, 1.165) is 30.2 Å². The highest BCUT2D eigenvalue weighted by Crippen LogP contribution is 2.22. The van der Waals surface area contributed by atoms with Gasteiger partial charge in [-0.3, -0.25) is 9.59 Å². The normalized spacial score (nSPS) is 11.1. The second kappa shape index (κ2) is 13.8. The Hall–Kier alpha value is -3.20. The highest BCUT2D eigenvalue weighted by Gasteiger charge is 2.15. The third-order valence-corrected chi connectivity index (χ3v) is 6.59. The molecule has 0 unspecified atom stereocenters. The van der Waals surface area contributed by atoms with Crippen molar-refractivity contribution in [3.05, 3.63) is 99.8 Å². The Bertz CT molecular complexity index is 1220. The molecule has 6 nitrogen and oxygen atoms in total. The lowest BCUT2D eigenvalue weighted by molar-refractivity contribution is 0.0956. The molecule has 36 heavy (non-hydrogen) atoms. The van der Waals surface area contributed by atoms with Crippen molar-refractivity contribution in [2.24, 2.45) is 5.10 Å². The second-order valence-corrected chi connectivity index (χ2v) is 9.59. The Labute approximate surface area is 219 Å². The molecule has 3 aromatic carbocycles. The maximum Gasteiger partial charge on any atom is 0.273 e. The quantitative estimate of drug-likeness (QED) is 0.191. The van der Waals surface area contributed by atoms with Crippen LogP contribution in [0.3, 0.4) is 0 Å². The molecular formula is C27H28ClFN4O2S. The maximum absolute atomic E-state index is 13.3. The first kappa shape index (κ1) is 27.4. The van der Waals surface area contributed by atoms with E-state index in [1.165, 1.54) is 24.4 Å². The molecule has 2 amide bonds. The van der Waals surface area contributed by atoms with E-state index in [2.05, 4.69) is 34.7 Å². The van der Waals surface area contributed by atoms with Crippen molar-refractivity contribution in [1.82, 2.24) is 10.3 Å². The molecule has 188 valence electrons. The number of nitrogens with zero attached hydrogens (tertiary/aromatic N) is 2. The molecule has 9 heteroatoms. The van der Waals surface area contributed by atoms with E-state index in [-0.39, 0.29) is 11.5 Å². The molecule has 0 fully saturated rings. The molecule has 2 N–H and O–H groups in total. The number of amides is 2. The fourth-order valence-corrected chi connectivity index (χ4v) is 4.33. The third kappa shape index (κ3) is 8.48. The van der Waals surface area contributed by atoms with Gasteiger partial charge in [0.2, 0.25) is 0 Å². The van der Waals surface area contributed by atoms with E-state index in [0.29, 0.717) is 21.8 Å². The number of hydrogen-bond acceptors (Lipinski definition) is 5. The smallest absolute Gasteiger partial charge is 0.273 e. The van der Waals surface area contributed by atoms with Crippen LogP contribution in [0.15, 0.2) is 71.8 Å². The number of halogens is 2. The summed E-state index contributed by atoms with van der Waals surface area (Å²) in [7, 11) is 2.10. The van der Waals surface area contributed by atoms with Crippen molar-refractivity contribution in [2.45, 2.75) is 12.7 Å². The molecule has 3 aromatic rings. The van der Waals surface area contributed by atoms with E-state index in [4.69, 9.17) is 11.6 Å². The summed E-state index contributed by atoms with van der Waals surface area (Å²) >= 11 is 7.93. The zero-order chi connectivity index (χ0) is 25.9. The number of hydrazone groups is 1. The van der Waals surface area contributed by atoms with Gasteiger partial charge in [-0.2, -0.15) is 16.9 Å². The van der Waals surface area contributed by atoms with Gasteiger partial charge in [0.1, 0.15) is 5.82 Å². The van der Waals surface area contributed by atoms with Crippen LogP contribution < -0.4 is 10.7 Å². The maximum atomic E-state index is 13.3. The van der Waals surface area contributed by atoms with Crippen molar-refractivity contribution in [3.63, 3.8) is 0 Å². The van der Waals surface area contributed by atoms with E-state index in [1.54, 1.807) is 36.4 Å². The predicted octanol–water partition coefficient (Wildman–Crippen LogP) is 5.68. The highest BCUT2D eigenvalue weighted by molar-refractivity contribution is 7.98. The molecular weight excluding hydrogens is 499 g/mol. The lowest BCUT2D eigenvalue weighted by Crippen LogP contribution is -2.21. The lowest BCUT2D eigenvalue weighted by atomic mass is 10.1. The monoisotopic (exact) mass is 526 g/mol. The van der Waals surface area contributed by atoms with Crippen molar-refractivity contribution < 1.29 is 14.0 Å². The number of carbonyl (C=O) groups is 2. The Morgan fingerprint density at radius 2 is 1.86 bits per heavy atom. The summed E-state index contributed by atoms with van der Waals surface area (Å²) in [5.41, 5.74) is 4.93. The molecule has 0 aliphatic carbocycles. The van der Waals surface area contributed by atoms with Crippen molar-refractivity contribution in [3.8, 4) is 0 Å². The van der Waals surface area contributed by atoms with Gasteiger partial charge < -0.3 is 10.2 Å². The largest absolute Gasteiger partial charge is 0.321 e. The van der Waals surface area contributed by atoms with Crippen LogP contribution in [0.25, 0.3) is 0 Å². The van der Waals surface area contributed by atoms with E-state index in [1.807, 2.05) is 23.9 Å². The number of rotatable bonds is 11. The van der Waals surface area contributed by atoms with Crippen LogP contribution in [0.2, 0.25) is 5.02 Å². The molecule has 0 bridgehead atoms. The van der Waals surface area contributed by atoms with Crippen molar-refractivity contribution in [1.29, 1.82) is 0 Å². The zero-order valence-electron chi connectivity index (χ0n) is 20.1. The number of carbonyl (C=O) groups excluding carboxylic acids is 2. The molecule has 0 aromatic heterocycles. The average Bonchev–Trinajstić information content (AvgIpc) is 2.87. The molecule has 0 saturated carbocycles. The number of thioether (sulfide) groups is 1. The van der Waals surface area contributed by atoms with Crippen LogP contribution in [0.4, 0.5) is 10.1 Å². The molecule has 0 heterocycles. The molecule has 0 aliphatic rings. The second-order valence-electron chi connectivity index (χ2n) is 8.04. The Morgan fingerprint density at radius 3 is 2.58 bits per heavy atom. The number of hydrogen-bond donors (Lipinski definition) is 2. The topological polar surface area (TPSA) is 73.8 Å². The van der Waals surface area contributed by atoms with Gasteiger partial charge in [0.15, 0.2) is 0 Å². The minimum Gasteiger partial charge on any atom is -0.321 e. The van der Waals surface area contributed by atoms with Crippen LogP contribution in [0, 0.1) is 5.82 Å². The van der Waals surface area contributed by atoms with E-state index in [9.17, 15) is 14.0 Å². The Morgan fingerprint density at radius 1 is 1.08 bits per heavy atom. The first-order valence-electron chi connectivity index (χ1n) is 11.4. The lowest BCUT2D eigenvalue weighted by Gasteiger charge is -2.13. The fraction of sp³-hybridized carbons (Fsp3) is 0.222. The minimum atomic E-state index is -0.568. The van der Waals surface area contributed by atoms with E-state index >= 15 is 0 Å². The predicted molar refractivity (Wildman–Crippen MR) is 147 cm³/mol. The number of benzene rings is 3. The molecule has 0 radical (unpaired) electrons. The van der Waals surface area contributed by atoms with Crippen LogP contribution in [0.5, 0.6) is 0 Å². The van der Waals surface area contributed by atoms with Gasteiger partial charge in [-0.05, 0) is 67.2 Å². The van der Waals surface area contributed by atoms with Crippen LogP contribution in [-0.2, 0) is 5.75 Å². The SMILES string of the molecule is CCN(C)CCSCc1ccc(C(=O)Nc2ccc(Cl)cc2C(=O)N/N=C/c2cccc(F)c2)cc1. The van der Waals surface area contributed by atoms with Gasteiger partial charge in [0, 0.05) is 28.6 Å². The number of nitrogens with one attached hydrogen (secondary N) is 2. The summed E-state index contributed by atoms with van der Waals surface area (Å²) < 4.78 is 13.3. The molecule has 0 spiro atoms. The molecule has 0 aliphatic heterocycles. The summed E-state index contributed by atoms with van der Waals surface area (Å²) in [5.74, 6) is 0.592. The number of anilines is 1. The van der Waals surface area contributed by atoms with E-state index < -0.39 is 11.7 Å². The minimum absolute atomic E-state index is 0.150. The van der Waals surface area contributed by atoms with Gasteiger partial charge in [-0.25, -0.2) is 9.82 Å².